The summed E-state index contributed by atoms with van der Waals surface area (Å²) in [6.07, 6.45) is 2.03. The van der Waals surface area contributed by atoms with E-state index in [4.69, 9.17) is 5.21 Å². The number of oxime groups is 1. The molecule has 64 valence electrons. The zero-order valence-electron chi connectivity index (χ0n) is 7.11. The largest absolute Gasteiger partial charge is 0.411 e. The van der Waals surface area contributed by atoms with Crippen LogP contribution in [0.2, 0.25) is 0 Å². The van der Waals surface area contributed by atoms with E-state index in [1.807, 2.05) is 30.5 Å². The number of thioether (sulfide) groups is 1. The third-order valence-electron chi connectivity index (χ3n) is 1.66. The second-order valence-corrected chi connectivity index (χ2v) is 3.29. The zero-order valence-corrected chi connectivity index (χ0v) is 7.93. The minimum absolute atomic E-state index is 0.641. The number of nitrogens with zero attached hydrogens (tertiary/aromatic N) is 1. The summed E-state index contributed by atoms with van der Waals surface area (Å²) in [5.41, 5.74) is 1.60. The van der Waals surface area contributed by atoms with Crippen LogP contribution in [-0.2, 0) is 0 Å². The minimum Gasteiger partial charge on any atom is -0.411 e. The average molecular weight is 181 g/mol. The van der Waals surface area contributed by atoms with Gasteiger partial charge >= 0.3 is 0 Å². The van der Waals surface area contributed by atoms with Crippen LogP contribution in [0.1, 0.15) is 12.5 Å². The molecule has 2 nitrogen and oxygen atoms in total. The standard InChI is InChI=1S/C9H11NOS/c1-7(10-11)8-3-5-9(12-2)6-4-8/h3-6,11H,1-2H3. The van der Waals surface area contributed by atoms with Gasteiger partial charge in [-0.2, -0.15) is 0 Å². The Kier molecular flexibility index (Phi) is 3.17. The molecule has 0 aliphatic carbocycles. The van der Waals surface area contributed by atoms with E-state index in [0.717, 1.165) is 5.56 Å². The Bertz CT molecular complexity index is 279. The van der Waals surface area contributed by atoms with E-state index in [2.05, 4.69) is 5.16 Å². The van der Waals surface area contributed by atoms with Gasteiger partial charge in [0.1, 0.15) is 0 Å². The Labute approximate surface area is 76.3 Å². The maximum Gasteiger partial charge on any atom is 0.0836 e. The summed E-state index contributed by atoms with van der Waals surface area (Å²) in [5.74, 6) is 0. The monoisotopic (exact) mass is 181 g/mol. The van der Waals surface area contributed by atoms with E-state index in [1.54, 1.807) is 18.7 Å². The summed E-state index contributed by atoms with van der Waals surface area (Å²) < 4.78 is 0. The molecule has 0 spiro atoms. The van der Waals surface area contributed by atoms with Crippen LogP contribution in [0.5, 0.6) is 0 Å². The Morgan fingerprint density at radius 2 is 1.92 bits per heavy atom. The van der Waals surface area contributed by atoms with E-state index >= 15 is 0 Å². The molecule has 0 saturated heterocycles. The van der Waals surface area contributed by atoms with Gasteiger partial charge < -0.3 is 5.21 Å². The zero-order chi connectivity index (χ0) is 8.97. The first-order chi connectivity index (χ1) is 5.77. The molecule has 0 aliphatic heterocycles. The maximum absolute atomic E-state index is 8.50. The first-order valence-electron chi connectivity index (χ1n) is 3.61. The molecule has 1 rings (SSSR count). The van der Waals surface area contributed by atoms with E-state index in [9.17, 15) is 0 Å². The van der Waals surface area contributed by atoms with Gasteiger partial charge in [-0.3, -0.25) is 0 Å². The fraction of sp³-hybridized carbons (Fsp3) is 0.222. The van der Waals surface area contributed by atoms with Crippen LogP contribution < -0.4 is 0 Å². The van der Waals surface area contributed by atoms with Crippen molar-refractivity contribution in [3.8, 4) is 0 Å². The van der Waals surface area contributed by atoms with Crippen LogP contribution in [0.3, 0.4) is 0 Å². The molecule has 0 heterocycles. The van der Waals surface area contributed by atoms with E-state index < -0.39 is 0 Å². The van der Waals surface area contributed by atoms with E-state index in [1.165, 1.54) is 4.90 Å². The lowest BCUT2D eigenvalue weighted by atomic mass is 10.1. The highest BCUT2D eigenvalue weighted by Crippen LogP contribution is 2.14. The first kappa shape index (κ1) is 9.13. The molecule has 0 amide bonds. The highest BCUT2D eigenvalue weighted by atomic mass is 32.2. The second kappa shape index (κ2) is 4.16. The van der Waals surface area contributed by atoms with Crippen molar-refractivity contribution < 1.29 is 5.21 Å². The molecule has 0 fully saturated rings. The van der Waals surface area contributed by atoms with Crippen LogP contribution in [0.4, 0.5) is 0 Å². The lowest BCUT2D eigenvalue weighted by Gasteiger charge is -1.99. The third-order valence-corrected chi connectivity index (χ3v) is 2.40. The summed E-state index contributed by atoms with van der Waals surface area (Å²) in [5, 5.41) is 11.6. The smallest absolute Gasteiger partial charge is 0.0836 e. The normalized spacial score (nSPS) is 11.7. The molecule has 0 bridgehead atoms. The lowest BCUT2D eigenvalue weighted by molar-refractivity contribution is 0.319. The Morgan fingerprint density at radius 1 is 1.33 bits per heavy atom. The quantitative estimate of drug-likeness (QED) is 0.329. The topological polar surface area (TPSA) is 32.6 Å². The van der Waals surface area contributed by atoms with E-state index in [-0.39, 0.29) is 0 Å². The van der Waals surface area contributed by atoms with Crippen LogP contribution >= 0.6 is 11.8 Å². The number of benzene rings is 1. The molecule has 0 saturated carbocycles. The molecule has 0 unspecified atom stereocenters. The number of hydrogen-bond acceptors (Lipinski definition) is 3. The molecule has 0 aromatic heterocycles. The molecule has 0 radical (unpaired) electrons. The van der Waals surface area contributed by atoms with E-state index in [0.29, 0.717) is 5.71 Å². The number of rotatable bonds is 2. The van der Waals surface area contributed by atoms with Gasteiger partial charge in [-0.25, -0.2) is 0 Å². The second-order valence-electron chi connectivity index (χ2n) is 2.41. The minimum atomic E-state index is 0.641. The molecule has 1 N–H and O–H groups in total. The van der Waals surface area contributed by atoms with Crippen molar-refractivity contribution >= 4 is 17.5 Å². The molecule has 1 aromatic carbocycles. The fourth-order valence-electron chi connectivity index (χ4n) is 0.890. The van der Waals surface area contributed by atoms with Crippen molar-refractivity contribution in [3.63, 3.8) is 0 Å². The lowest BCUT2D eigenvalue weighted by Crippen LogP contribution is -1.92. The van der Waals surface area contributed by atoms with Crippen molar-refractivity contribution in [2.24, 2.45) is 5.16 Å². The van der Waals surface area contributed by atoms with Gasteiger partial charge in [0.25, 0.3) is 0 Å². The predicted molar refractivity (Wildman–Crippen MR) is 52.2 cm³/mol. The molecule has 0 atom stereocenters. The van der Waals surface area contributed by atoms with Crippen LogP contribution in [0.15, 0.2) is 34.3 Å². The van der Waals surface area contributed by atoms with Gasteiger partial charge in [-0.1, -0.05) is 17.3 Å². The molecular weight excluding hydrogens is 170 g/mol. The summed E-state index contributed by atoms with van der Waals surface area (Å²) in [4.78, 5) is 1.21. The molecular formula is C9H11NOS. The van der Waals surface area contributed by atoms with Crippen LogP contribution in [0, 0.1) is 0 Å². The average Bonchev–Trinajstić information content (AvgIpc) is 2.17. The van der Waals surface area contributed by atoms with Crippen molar-refractivity contribution in [2.45, 2.75) is 11.8 Å². The first-order valence-corrected chi connectivity index (χ1v) is 4.83. The summed E-state index contributed by atoms with van der Waals surface area (Å²) in [7, 11) is 0. The van der Waals surface area contributed by atoms with Crippen molar-refractivity contribution in [3.05, 3.63) is 29.8 Å². The van der Waals surface area contributed by atoms with Gasteiger partial charge in [0.05, 0.1) is 5.71 Å². The summed E-state index contributed by atoms with van der Waals surface area (Å²) in [6.45, 7) is 1.77. The summed E-state index contributed by atoms with van der Waals surface area (Å²) in [6, 6.07) is 7.91. The highest BCUT2D eigenvalue weighted by molar-refractivity contribution is 7.98. The van der Waals surface area contributed by atoms with Gasteiger partial charge in [-0.15, -0.1) is 11.8 Å². The van der Waals surface area contributed by atoms with Crippen molar-refractivity contribution in [1.29, 1.82) is 0 Å². The molecule has 1 aromatic rings. The maximum atomic E-state index is 8.50. The SMILES string of the molecule is CSc1ccc(C(C)=NO)cc1. The fourth-order valence-corrected chi connectivity index (χ4v) is 1.30. The third kappa shape index (κ3) is 2.01. The Hall–Kier alpha value is -0.960. The molecule has 3 heteroatoms. The van der Waals surface area contributed by atoms with Crippen molar-refractivity contribution in [2.75, 3.05) is 6.26 Å². The number of hydrogen-bond donors (Lipinski definition) is 1. The van der Waals surface area contributed by atoms with Crippen molar-refractivity contribution in [1.82, 2.24) is 0 Å². The van der Waals surface area contributed by atoms with Gasteiger partial charge in [0.15, 0.2) is 0 Å². The van der Waals surface area contributed by atoms with Crippen LogP contribution in [0.25, 0.3) is 0 Å². The van der Waals surface area contributed by atoms with Crippen LogP contribution in [-0.4, -0.2) is 17.2 Å². The Balaban J connectivity index is 2.92. The predicted octanol–water partition coefficient (Wildman–Crippen LogP) is 2.61. The summed E-state index contributed by atoms with van der Waals surface area (Å²) >= 11 is 1.69. The van der Waals surface area contributed by atoms with Gasteiger partial charge in [0.2, 0.25) is 0 Å². The highest BCUT2D eigenvalue weighted by Gasteiger charge is 1.96. The Morgan fingerprint density at radius 3 is 2.33 bits per heavy atom. The van der Waals surface area contributed by atoms with Gasteiger partial charge in [0, 0.05) is 4.90 Å². The molecule has 12 heavy (non-hydrogen) atoms. The molecule has 0 aliphatic rings. The van der Waals surface area contributed by atoms with Gasteiger partial charge in [-0.05, 0) is 30.9 Å².